The Morgan fingerprint density at radius 1 is 1.52 bits per heavy atom. The van der Waals surface area contributed by atoms with E-state index in [1.54, 1.807) is 10.9 Å². The van der Waals surface area contributed by atoms with Gasteiger partial charge < -0.3 is 9.84 Å². The second-order valence-electron chi connectivity index (χ2n) is 5.17. The Hall–Kier alpha value is -2.37. The summed E-state index contributed by atoms with van der Waals surface area (Å²) in [5.74, 6) is -0.685. The largest absolute Gasteiger partial charge is 0.477 e. The van der Waals surface area contributed by atoms with Crippen LogP contribution in [0.2, 0.25) is 0 Å². The first kappa shape index (κ1) is 13.6. The molecule has 0 saturated heterocycles. The van der Waals surface area contributed by atoms with Gasteiger partial charge in [0, 0.05) is 30.4 Å². The van der Waals surface area contributed by atoms with Gasteiger partial charge >= 0.3 is 5.97 Å². The highest BCUT2D eigenvalue weighted by Gasteiger charge is 2.29. The highest BCUT2D eigenvalue weighted by Crippen LogP contribution is 2.33. The first-order valence-corrected chi connectivity index (χ1v) is 7.06. The number of hydrogen-bond donors (Lipinski definition) is 1. The summed E-state index contributed by atoms with van der Waals surface area (Å²) in [6, 6.07) is 3.75. The van der Waals surface area contributed by atoms with Gasteiger partial charge in [0.1, 0.15) is 11.3 Å². The summed E-state index contributed by atoms with van der Waals surface area (Å²) < 4.78 is 7.30. The summed E-state index contributed by atoms with van der Waals surface area (Å²) in [7, 11) is 0. The van der Waals surface area contributed by atoms with E-state index >= 15 is 0 Å². The van der Waals surface area contributed by atoms with E-state index in [9.17, 15) is 9.90 Å². The maximum Gasteiger partial charge on any atom is 0.343 e. The van der Waals surface area contributed by atoms with Crippen LogP contribution in [0.15, 0.2) is 18.3 Å². The molecule has 110 valence electrons. The highest BCUT2D eigenvalue weighted by atomic mass is 16.5. The van der Waals surface area contributed by atoms with Crippen LogP contribution in [0.1, 0.15) is 36.3 Å². The van der Waals surface area contributed by atoms with Crippen LogP contribution >= 0.6 is 0 Å². The number of pyridine rings is 1. The lowest BCUT2D eigenvalue weighted by atomic mass is 10.1. The highest BCUT2D eigenvalue weighted by molar-refractivity contribution is 5.97. The molecule has 1 aliphatic rings. The Morgan fingerprint density at radius 3 is 2.95 bits per heavy atom. The minimum absolute atomic E-state index is 0.000687. The molecule has 0 saturated carbocycles. The Balaban J connectivity index is 2.11. The molecule has 0 radical (unpaired) electrons. The lowest BCUT2D eigenvalue weighted by molar-refractivity contribution is 0.0684. The smallest absolute Gasteiger partial charge is 0.343 e. The van der Waals surface area contributed by atoms with Gasteiger partial charge in [0.05, 0.1) is 6.10 Å². The normalized spacial score (nSPS) is 17.1. The molecule has 3 rings (SSSR count). The van der Waals surface area contributed by atoms with Crippen LogP contribution in [0.3, 0.4) is 0 Å². The molecule has 2 aromatic rings. The van der Waals surface area contributed by atoms with Gasteiger partial charge in [-0.05, 0) is 25.5 Å². The zero-order chi connectivity index (χ0) is 15.0. The molecule has 0 unspecified atom stereocenters. The lowest BCUT2D eigenvalue weighted by Crippen LogP contribution is -2.24. The Bertz CT molecular complexity index is 676. The number of aromatic nitrogens is 3. The van der Waals surface area contributed by atoms with Crippen molar-refractivity contribution in [1.82, 2.24) is 14.8 Å². The van der Waals surface area contributed by atoms with Crippen LogP contribution in [0.25, 0.3) is 11.3 Å². The number of nitrogens with zero attached hydrogens (tertiary/aromatic N) is 3. The van der Waals surface area contributed by atoms with Crippen LogP contribution < -0.4 is 4.74 Å². The molecule has 6 nitrogen and oxygen atoms in total. The maximum atomic E-state index is 11.6. The number of aromatic carboxylic acids is 1. The molecule has 6 heteroatoms. The summed E-state index contributed by atoms with van der Waals surface area (Å²) in [6.07, 6.45) is 3.33. The van der Waals surface area contributed by atoms with E-state index in [0.29, 0.717) is 23.7 Å². The molecule has 0 amide bonds. The second kappa shape index (κ2) is 5.20. The average molecular weight is 287 g/mol. The fourth-order valence-electron chi connectivity index (χ4n) is 2.44. The number of carboxylic acid groups (broad SMARTS) is 1. The van der Waals surface area contributed by atoms with Gasteiger partial charge in [-0.1, -0.05) is 6.92 Å². The average Bonchev–Trinajstić information content (AvgIpc) is 2.86. The van der Waals surface area contributed by atoms with E-state index in [1.807, 2.05) is 26.0 Å². The van der Waals surface area contributed by atoms with Crippen molar-refractivity contribution in [1.29, 1.82) is 0 Å². The zero-order valence-electron chi connectivity index (χ0n) is 12.0. The third-order valence-electron chi connectivity index (χ3n) is 3.64. The maximum absolute atomic E-state index is 11.6. The van der Waals surface area contributed by atoms with E-state index < -0.39 is 5.97 Å². The third-order valence-corrected chi connectivity index (χ3v) is 3.64. The van der Waals surface area contributed by atoms with Crippen molar-refractivity contribution in [3.8, 4) is 17.1 Å². The van der Waals surface area contributed by atoms with E-state index in [1.165, 1.54) is 0 Å². The summed E-state index contributed by atoms with van der Waals surface area (Å²) in [5.41, 5.74) is 2.20. The van der Waals surface area contributed by atoms with Crippen molar-refractivity contribution >= 4 is 5.97 Å². The van der Waals surface area contributed by atoms with E-state index in [4.69, 9.17) is 4.74 Å². The van der Waals surface area contributed by atoms with Gasteiger partial charge in [0.25, 0.3) is 0 Å². The predicted octanol–water partition coefficient (Wildman–Crippen LogP) is 2.38. The van der Waals surface area contributed by atoms with E-state index in [2.05, 4.69) is 10.1 Å². The molecule has 2 aromatic heterocycles. The van der Waals surface area contributed by atoms with Crippen molar-refractivity contribution in [2.24, 2.45) is 0 Å². The molecule has 21 heavy (non-hydrogen) atoms. The van der Waals surface area contributed by atoms with Gasteiger partial charge in [-0.15, -0.1) is 0 Å². The molecular weight excluding hydrogens is 270 g/mol. The quantitative estimate of drug-likeness (QED) is 0.937. The van der Waals surface area contributed by atoms with Crippen molar-refractivity contribution in [2.45, 2.75) is 39.3 Å². The van der Waals surface area contributed by atoms with E-state index in [0.717, 1.165) is 18.5 Å². The van der Waals surface area contributed by atoms with Crippen LogP contribution in [-0.4, -0.2) is 31.9 Å². The van der Waals surface area contributed by atoms with Gasteiger partial charge in [-0.3, -0.25) is 4.98 Å². The molecule has 0 aromatic carbocycles. The van der Waals surface area contributed by atoms with Crippen LogP contribution in [0.5, 0.6) is 5.88 Å². The predicted molar refractivity (Wildman–Crippen MR) is 76.5 cm³/mol. The molecule has 0 fully saturated rings. The molecule has 1 aliphatic heterocycles. The molecular formula is C15H17N3O3. The topological polar surface area (TPSA) is 77.2 Å². The fraction of sp³-hybridized carbons (Fsp3) is 0.400. The van der Waals surface area contributed by atoms with Crippen LogP contribution in [0.4, 0.5) is 0 Å². The van der Waals surface area contributed by atoms with Crippen LogP contribution in [-0.2, 0) is 13.0 Å². The molecule has 0 bridgehead atoms. The van der Waals surface area contributed by atoms with Crippen molar-refractivity contribution in [3.63, 3.8) is 0 Å². The van der Waals surface area contributed by atoms with Gasteiger partial charge in [0.15, 0.2) is 0 Å². The zero-order valence-corrected chi connectivity index (χ0v) is 12.0. The van der Waals surface area contributed by atoms with Crippen molar-refractivity contribution in [3.05, 3.63) is 29.6 Å². The van der Waals surface area contributed by atoms with Gasteiger partial charge in [-0.2, -0.15) is 5.10 Å². The number of aryl methyl sites for hydroxylation is 2. The fourth-order valence-corrected chi connectivity index (χ4v) is 2.44. The first-order valence-electron chi connectivity index (χ1n) is 7.06. The molecule has 1 atom stereocenters. The number of ether oxygens (including phenoxy) is 1. The number of fused-ring (bicyclic) bond motifs is 1. The van der Waals surface area contributed by atoms with E-state index in [-0.39, 0.29) is 11.7 Å². The minimum atomic E-state index is -1.03. The number of hydrogen-bond acceptors (Lipinski definition) is 4. The first-order chi connectivity index (χ1) is 10.1. The molecule has 0 spiro atoms. The summed E-state index contributed by atoms with van der Waals surface area (Å²) in [4.78, 5) is 15.9. The lowest BCUT2D eigenvalue weighted by Gasteiger charge is -2.21. The Labute approximate surface area is 122 Å². The van der Waals surface area contributed by atoms with Gasteiger partial charge in [-0.25, -0.2) is 9.48 Å². The summed E-state index contributed by atoms with van der Waals surface area (Å²) in [5, 5.41) is 13.9. The van der Waals surface area contributed by atoms with Crippen molar-refractivity contribution in [2.75, 3.05) is 0 Å². The number of carbonyl (C=O) groups is 1. The monoisotopic (exact) mass is 287 g/mol. The summed E-state index contributed by atoms with van der Waals surface area (Å²) in [6.45, 7) is 4.62. The second-order valence-corrected chi connectivity index (χ2v) is 5.17. The number of rotatable bonds is 3. The minimum Gasteiger partial charge on any atom is -0.477 e. The Kier molecular flexibility index (Phi) is 3.37. The molecule has 1 N–H and O–H groups in total. The standard InChI is InChI=1S/C15H17N3O3/c1-3-11-5-4-10(8-16-11)13-12(15(19)20)14-18(17-13)7-6-9(2)21-14/h4-5,8-9H,3,6-7H2,1-2H3,(H,19,20)/t9-/m0/s1. The molecule has 0 aliphatic carbocycles. The van der Waals surface area contributed by atoms with Crippen LogP contribution in [0, 0.1) is 0 Å². The van der Waals surface area contributed by atoms with Gasteiger partial charge in [0.2, 0.25) is 5.88 Å². The van der Waals surface area contributed by atoms with Crippen molar-refractivity contribution < 1.29 is 14.6 Å². The summed E-state index contributed by atoms with van der Waals surface area (Å²) >= 11 is 0. The Morgan fingerprint density at radius 2 is 2.33 bits per heavy atom. The molecule has 3 heterocycles. The SMILES string of the molecule is CCc1ccc(-c2nn3c(c2C(=O)O)O[C@@H](C)CC3)cn1. The number of carboxylic acids is 1. The third kappa shape index (κ3) is 2.37.